The smallest absolute Gasteiger partial charge is 0.309 e. The van der Waals surface area contributed by atoms with E-state index in [0.717, 1.165) is 32.1 Å². The van der Waals surface area contributed by atoms with Crippen molar-refractivity contribution >= 4 is 11.9 Å². The van der Waals surface area contributed by atoms with Crippen LogP contribution in [-0.4, -0.2) is 25.2 Å². The maximum Gasteiger partial charge on any atom is 0.309 e. The number of esters is 2. The van der Waals surface area contributed by atoms with Gasteiger partial charge in [-0.05, 0) is 43.9 Å². The number of hydrogen-bond acceptors (Lipinski definition) is 4. The van der Waals surface area contributed by atoms with Gasteiger partial charge in [0.1, 0.15) is 13.2 Å². The first kappa shape index (κ1) is 14.4. The summed E-state index contributed by atoms with van der Waals surface area (Å²) in [5.74, 6) is 0.603. The third-order valence-corrected chi connectivity index (χ3v) is 4.76. The summed E-state index contributed by atoms with van der Waals surface area (Å²) in [6, 6.07) is 0. The fraction of sp³-hybridized carbons (Fsp3) is 0.647. The Morgan fingerprint density at radius 1 is 1.00 bits per heavy atom. The molecule has 21 heavy (non-hydrogen) atoms. The predicted octanol–water partition coefficient (Wildman–Crippen LogP) is 2.64. The van der Waals surface area contributed by atoms with Crippen LogP contribution in [0.5, 0.6) is 0 Å². The minimum atomic E-state index is -0.168. The van der Waals surface area contributed by atoms with E-state index < -0.39 is 0 Å². The molecule has 0 saturated heterocycles. The van der Waals surface area contributed by atoms with Gasteiger partial charge in [0.25, 0.3) is 0 Å². The molecule has 3 aliphatic rings. The largest absolute Gasteiger partial charge is 0.462 e. The molecule has 3 rings (SSSR count). The SMILES string of the molecule is O=C(OCCOC(=O)C1CC2C=CC1C2)C1CC=CCC1. The molecule has 0 spiro atoms. The van der Waals surface area contributed by atoms with Gasteiger partial charge in [0, 0.05) is 0 Å². The highest BCUT2D eigenvalue weighted by molar-refractivity contribution is 5.74. The predicted molar refractivity (Wildman–Crippen MR) is 77.2 cm³/mol. The Bertz CT molecular complexity index is 465. The Morgan fingerprint density at radius 3 is 2.43 bits per heavy atom. The van der Waals surface area contributed by atoms with Crippen LogP contribution in [0.1, 0.15) is 32.1 Å². The van der Waals surface area contributed by atoms with Crippen LogP contribution in [0.15, 0.2) is 24.3 Å². The molecule has 4 heteroatoms. The molecule has 0 aromatic rings. The average molecular weight is 290 g/mol. The van der Waals surface area contributed by atoms with Crippen LogP contribution in [0.3, 0.4) is 0 Å². The molecular formula is C17H22O4. The summed E-state index contributed by atoms with van der Waals surface area (Å²) in [5.41, 5.74) is 0. The number of carbonyl (C=O) groups excluding carboxylic acids is 2. The topological polar surface area (TPSA) is 52.6 Å². The first-order valence-electron chi connectivity index (χ1n) is 7.90. The van der Waals surface area contributed by atoms with E-state index in [9.17, 15) is 9.59 Å². The normalized spacial score (nSPS) is 33.1. The number of ether oxygens (including phenoxy) is 2. The van der Waals surface area contributed by atoms with Crippen LogP contribution in [0, 0.1) is 23.7 Å². The summed E-state index contributed by atoms with van der Waals surface area (Å²) in [4.78, 5) is 23.8. The Morgan fingerprint density at radius 2 is 1.81 bits per heavy atom. The standard InChI is InChI=1S/C17H22O4/c18-16(13-4-2-1-3-5-13)20-8-9-21-17(19)15-11-12-6-7-14(15)10-12/h1-2,6-7,12-15H,3-5,8-11H2. The fourth-order valence-electron chi connectivity index (χ4n) is 3.57. The molecule has 4 unspecified atom stereocenters. The minimum Gasteiger partial charge on any atom is -0.462 e. The minimum absolute atomic E-state index is 0.0131. The van der Waals surface area contributed by atoms with Crippen molar-refractivity contribution in [3.63, 3.8) is 0 Å². The molecule has 3 aliphatic carbocycles. The van der Waals surface area contributed by atoms with E-state index in [-0.39, 0.29) is 37.0 Å². The lowest BCUT2D eigenvalue weighted by Crippen LogP contribution is -2.25. The molecule has 2 bridgehead atoms. The summed E-state index contributed by atoms with van der Waals surface area (Å²) in [6.07, 6.45) is 13.0. The average Bonchev–Trinajstić information content (AvgIpc) is 3.15. The zero-order valence-electron chi connectivity index (χ0n) is 12.2. The Kier molecular flexibility index (Phi) is 4.42. The van der Waals surface area contributed by atoms with Gasteiger partial charge in [-0.15, -0.1) is 0 Å². The number of carbonyl (C=O) groups is 2. The van der Waals surface area contributed by atoms with Crippen molar-refractivity contribution in [3.8, 4) is 0 Å². The molecule has 1 saturated carbocycles. The van der Waals surface area contributed by atoms with Crippen molar-refractivity contribution < 1.29 is 19.1 Å². The molecule has 0 amide bonds. The van der Waals surface area contributed by atoms with Gasteiger partial charge < -0.3 is 9.47 Å². The second-order valence-corrected chi connectivity index (χ2v) is 6.20. The molecule has 0 aliphatic heterocycles. The van der Waals surface area contributed by atoms with E-state index >= 15 is 0 Å². The van der Waals surface area contributed by atoms with Gasteiger partial charge in [0.15, 0.2) is 0 Å². The van der Waals surface area contributed by atoms with Crippen LogP contribution in [0.25, 0.3) is 0 Å². The van der Waals surface area contributed by atoms with Crippen LogP contribution in [-0.2, 0) is 19.1 Å². The second kappa shape index (κ2) is 6.46. The molecular weight excluding hydrogens is 268 g/mol. The van der Waals surface area contributed by atoms with Gasteiger partial charge in [-0.3, -0.25) is 9.59 Å². The van der Waals surface area contributed by atoms with Crippen LogP contribution < -0.4 is 0 Å². The van der Waals surface area contributed by atoms with E-state index in [1.807, 2.05) is 6.08 Å². The number of allylic oxidation sites excluding steroid dienone is 4. The Hall–Kier alpha value is -1.58. The third-order valence-electron chi connectivity index (χ3n) is 4.76. The van der Waals surface area contributed by atoms with E-state index in [1.165, 1.54) is 0 Å². The summed E-state index contributed by atoms with van der Waals surface area (Å²) < 4.78 is 10.4. The third kappa shape index (κ3) is 3.36. The van der Waals surface area contributed by atoms with E-state index in [0.29, 0.717) is 11.8 Å². The Labute approximate surface area is 125 Å². The zero-order valence-corrected chi connectivity index (χ0v) is 12.2. The highest BCUT2D eigenvalue weighted by Gasteiger charge is 2.40. The van der Waals surface area contributed by atoms with Crippen molar-refractivity contribution in [1.29, 1.82) is 0 Å². The number of fused-ring (bicyclic) bond motifs is 2. The monoisotopic (exact) mass is 290 g/mol. The molecule has 0 aromatic carbocycles. The lowest BCUT2D eigenvalue weighted by molar-refractivity contribution is -0.158. The molecule has 4 atom stereocenters. The van der Waals surface area contributed by atoms with Gasteiger partial charge in [0.2, 0.25) is 0 Å². The second-order valence-electron chi connectivity index (χ2n) is 6.20. The number of hydrogen-bond donors (Lipinski definition) is 0. The van der Waals surface area contributed by atoms with E-state index in [2.05, 4.69) is 18.2 Å². The summed E-state index contributed by atoms with van der Waals surface area (Å²) in [7, 11) is 0. The number of rotatable bonds is 5. The van der Waals surface area contributed by atoms with Crippen molar-refractivity contribution in [2.75, 3.05) is 13.2 Å². The van der Waals surface area contributed by atoms with E-state index in [1.54, 1.807) is 0 Å². The lowest BCUT2D eigenvalue weighted by Gasteiger charge is -2.18. The highest BCUT2D eigenvalue weighted by atomic mass is 16.6. The van der Waals surface area contributed by atoms with Gasteiger partial charge in [-0.2, -0.15) is 0 Å². The summed E-state index contributed by atoms with van der Waals surface area (Å²) in [5, 5.41) is 0. The maximum atomic E-state index is 12.0. The molecule has 1 fully saturated rings. The first-order valence-corrected chi connectivity index (χ1v) is 7.90. The molecule has 0 radical (unpaired) electrons. The molecule has 0 heterocycles. The van der Waals surface area contributed by atoms with Gasteiger partial charge in [-0.1, -0.05) is 24.3 Å². The van der Waals surface area contributed by atoms with Crippen LogP contribution in [0.2, 0.25) is 0 Å². The first-order chi connectivity index (χ1) is 10.2. The Balaban J connectivity index is 1.33. The van der Waals surface area contributed by atoms with Crippen LogP contribution in [0.4, 0.5) is 0 Å². The van der Waals surface area contributed by atoms with E-state index in [4.69, 9.17) is 9.47 Å². The van der Waals surface area contributed by atoms with Crippen molar-refractivity contribution in [2.45, 2.75) is 32.1 Å². The van der Waals surface area contributed by atoms with Crippen molar-refractivity contribution in [2.24, 2.45) is 23.7 Å². The quantitative estimate of drug-likeness (QED) is 0.444. The molecule has 0 N–H and O–H groups in total. The molecule has 0 aromatic heterocycles. The summed E-state index contributed by atoms with van der Waals surface area (Å²) in [6.45, 7) is 0.339. The highest BCUT2D eigenvalue weighted by Crippen LogP contribution is 2.43. The molecule has 4 nitrogen and oxygen atoms in total. The van der Waals surface area contributed by atoms with Gasteiger partial charge in [0.05, 0.1) is 11.8 Å². The zero-order chi connectivity index (χ0) is 14.7. The lowest BCUT2D eigenvalue weighted by atomic mass is 9.94. The van der Waals surface area contributed by atoms with Crippen molar-refractivity contribution in [3.05, 3.63) is 24.3 Å². The fourth-order valence-corrected chi connectivity index (χ4v) is 3.57. The molecule has 114 valence electrons. The van der Waals surface area contributed by atoms with Gasteiger partial charge in [-0.25, -0.2) is 0 Å². The van der Waals surface area contributed by atoms with Crippen molar-refractivity contribution in [1.82, 2.24) is 0 Å². The van der Waals surface area contributed by atoms with Crippen LogP contribution >= 0.6 is 0 Å². The summed E-state index contributed by atoms with van der Waals surface area (Å²) >= 11 is 0. The van der Waals surface area contributed by atoms with Gasteiger partial charge >= 0.3 is 11.9 Å². The maximum absolute atomic E-state index is 12.0.